The molecule has 0 heterocycles. The molecule has 0 aliphatic rings. The highest BCUT2D eigenvalue weighted by atomic mass is 79.9. The van der Waals surface area contributed by atoms with Crippen LogP contribution in [-0.4, -0.2) is 16.7 Å². The summed E-state index contributed by atoms with van der Waals surface area (Å²) < 4.78 is 49.8. The highest BCUT2D eigenvalue weighted by Gasteiger charge is 2.34. The normalized spacial score (nSPS) is 13.7. The van der Waals surface area contributed by atoms with Gasteiger partial charge in [-0.3, -0.25) is 0 Å². The van der Waals surface area contributed by atoms with Crippen LogP contribution in [0.2, 0.25) is 5.02 Å². The van der Waals surface area contributed by atoms with Gasteiger partial charge in [0.25, 0.3) is 0 Å². The Labute approximate surface area is 167 Å². The van der Waals surface area contributed by atoms with Gasteiger partial charge in [-0.25, -0.2) is 4.79 Å². The van der Waals surface area contributed by atoms with Gasteiger partial charge < -0.3 is 14.6 Å². The summed E-state index contributed by atoms with van der Waals surface area (Å²) in [5.41, 5.74) is -2.34. The number of alkyl halides is 3. The lowest BCUT2D eigenvalue weighted by atomic mass is 10.0. The van der Waals surface area contributed by atoms with E-state index in [2.05, 4.69) is 15.9 Å². The Balaban J connectivity index is 2.30. The van der Waals surface area contributed by atoms with Crippen molar-refractivity contribution in [1.82, 2.24) is 0 Å². The third kappa shape index (κ3) is 5.07. The Morgan fingerprint density at radius 3 is 2.37 bits per heavy atom. The molecule has 4 nitrogen and oxygen atoms in total. The molecule has 0 fully saturated rings. The second-order valence-electron chi connectivity index (χ2n) is 5.83. The lowest BCUT2D eigenvalue weighted by Gasteiger charge is -2.25. The van der Waals surface area contributed by atoms with E-state index >= 15 is 0 Å². The van der Waals surface area contributed by atoms with E-state index in [4.69, 9.17) is 21.1 Å². The van der Waals surface area contributed by atoms with Crippen molar-refractivity contribution in [2.45, 2.75) is 32.0 Å². The van der Waals surface area contributed by atoms with Crippen LogP contribution in [0.25, 0.3) is 0 Å². The predicted octanol–water partition coefficient (Wildman–Crippen LogP) is 6.55. The molecular formula is C18H15BrClF3O4. The van der Waals surface area contributed by atoms with Crippen LogP contribution >= 0.6 is 27.5 Å². The van der Waals surface area contributed by atoms with Crippen molar-refractivity contribution in [3.63, 3.8) is 0 Å². The lowest BCUT2D eigenvalue weighted by Crippen LogP contribution is -2.40. The van der Waals surface area contributed by atoms with E-state index in [0.717, 1.165) is 18.2 Å². The number of aliphatic carboxylic acids is 1. The molecule has 0 saturated carbocycles. The lowest BCUT2D eigenvalue weighted by molar-refractivity contribution is -0.154. The van der Waals surface area contributed by atoms with E-state index in [1.807, 2.05) is 0 Å². The highest BCUT2D eigenvalue weighted by molar-refractivity contribution is 9.10. The minimum Gasteiger partial charge on any atom is -0.478 e. The first-order chi connectivity index (χ1) is 12.5. The minimum absolute atomic E-state index is 0.0226. The summed E-state index contributed by atoms with van der Waals surface area (Å²) in [5.74, 6) is -0.676. The zero-order valence-electron chi connectivity index (χ0n) is 14.2. The van der Waals surface area contributed by atoms with Gasteiger partial charge in [0, 0.05) is 6.07 Å². The average molecular weight is 468 g/mol. The van der Waals surface area contributed by atoms with Crippen LogP contribution < -0.4 is 9.47 Å². The quantitative estimate of drug-likeness (QED) is 0.524. The van der Waals surface area contributed by atoms with E-state index in [1.165, 1.54) is 19.1 Å². The predicted molar refractivity (Wildman–Crippen MR) is 97.6 cm³/mol. The molecule has 2 aromatic rings. The van der Waals surface area contributed by atoms with Gasteiger partial charge in [0.1, 0.15) is 17.2 Å². The molecule has 1 N–H and O–H groups in total. The SMILES string of the molecule is CCC(C)(Oc1cc(Oc2ccc(C(F)(F)F)cc2Cl)ccc1Br)C(=O)O. The Hall–Kier alpha value is -1.93. The first kappa shape index (κ1) is 21.4. The average Bonchev–Trinajstić information content (AvgIpc) is 2.58. The summed E-state index contributed by atoms with van der Waals surface area (Å²) in [4.78, 5) is 11.4. The Bertz CT molecular complexity index is 857. The summed E-state index contributed by atoms with van der Waals surface area (Å²) in [5, 5.41) is 9.13. The Morgan fingerprint density at radius 1 is 1.19 bits per heavy atom. The van der Waals surface area contributed by atoms with E-state index in [-0.39, 0.29) is 28.7 Å². The molecular weight excluding hydrogens is 453 g/mol. The van der Waals surface area contributed by atoms with E-state index in [9.17, 15) is 23.1 Å². The third-order valence-electron chi connectivity index (χ3n) is 3.85. The molecule has 1 unspecified atom stereocenters. The molecule has 0 bridgehead atoms. The van der Waals surface area contributed by atoms with Crippen LogP contribution in [0.1, 0.15) is 25.8 Å². The van der Waals surface area contributed by atoms with E-state index in [0.29, 0.717) is 4.47 Å². The van der Waals surface area contributed by atoms with Crippen LogP contribution in [0, 0.1) is 0 Å². The molecule has 0 radical (unpaired) electrons. The zero-order chi connectivity index (χ0) is 20.4. The summed E-state index contributed by atoms with van der Waals surface area (Å²) in [6.07, 6.45) is -4.30. The smallest absolute Gasteiger partial charge is 0.416 e. The molecule has 1 atom stereocenters. The number of hydrogen-bond acceptors (Lipinski definition) is 3. The van der Waals surface area contributed by atoms with Crippen LogP contribution in [0.4, 0.5) is 13.2 Å². The molecule has 0 aliphatic heterocycles. The fourth-order valence-electron chi connectivity index (χ4n) is 2.02. The molecule has 2 rings (SSSR count). The summed E-state index contributed by atoms with van der Waals surface area (Å²) in [6.45, 7) is 3.10. The summed E-state index contributed by atoms with van der Waals surface area (Å²) in [6, 6.07) is 7.27. The van der Waals surface area contributed by atoms with Crippen molar-refractivity contribution in [1.29, 1.82) is 0 Å². The first-order valence-electron chi connectivity index (χ1n) is 7.73. The largest absolute Gasteiger partial charge is 0.478 e. The summed E-state index contributed by atoms with van der Waals surface area (Å²) in [7, 11) is 0. The monoisotopic (exact) mass is 466 g/mol. The summed E-state index contributed by atoms with van der Waals surface area (Å²) >= 11 is 9.15. The maximum atomic E-state index is 12.7. The zero-order valence-corrected chi connectivity index (χ0v) is 16.6. The van der Waals surface area contributed by atoms with Crippen LogP contribution in [-0.2, 0) is 11.0 Å². The van der Waals surface area contributed by atoms with Crippen LogP contribution in [0.5, 0.6) is 17.2 Å². The van der Waals surface area contributed by atoms with Crippen molar-refractivity contribution in [2.75, 3.05) is 0 Å². The minimum atomic E-state index is -4.51. The number of carbonyl (C=O) groups is 1. The van der Waals surface area contributed by atoms with Gasteiger partial charge >= 0.3 is 12.1 Å². The topological polar surface area (TPSA) is 55.8 Å². The van der Waals surface area contributed by atoms with Crippen molar-refractivity contribution in [2.24, 2.45) is 0 Å². The van der Waals surface area contributed by atoms with Crippen molar-refractivity contribution >= 4 is 33.5 Å². The third-order valence-corrected chi connectivity index (χ3v) is 4.80. The number of rotatable bonds is 6. The number of hydrogen-bond donors (Lipinski definition) is 1. The number of ether oxygens (including phenoxy) is 2. The second-order valence-corrected chi connectivity index (χ2v) is 7.09. The maximum Gasteiger partial charge on any atom is 0.416 e. The van der Waals surface area contributed by atoms with Crippen LogP contribution in [0.15, 0.2) is 40.9 Å². The second kappa shape index (κ2) is 7.98. The molecule has 0 aromatic heterocycles. The molecule has 2 aromatic carbocycles. The number of carboxylic acid groups (broad SMARTS) is 1. The molecule has 0 spiro atoms. The molecule has 0 amide bonds. The van der Waals surface area contributed by atoms with Crippen molar-refractivity contribution in [3.05, 3.63) is 51.5 Å². The molecule has 27 heavy (non-hydrogen) atoms. The van der Waals surface area contributed by atoms with Gasteiger partial charge in [-0.1, -0.05) is 18.5 Å². The Kier molecular flexibility index (Phi) is 6.32. The Morgan fingerprint density at radius 2 is 1.85 bits per heavy atom. The van der Waals surface area contributed by atoms with Gasteiger partial charge in [0.2, 0.25) is 5.60 Å². The van der Waals surface area contributed by atoms with E-state index in [1.54, 1.807) is 13.0 Å². The number of halogens is 5. The van der Waals surface area contributed by atoms with Gasteiger partial charge in [0.15, 0.2) is 0 Å². The maximum absolute atomic E-state index is 12.7. The van der Waals surface area contributed by atoms with E-state index < -0.39 is 23.3 Å². The first-order valence-corrected chi connectivity index (χ1v) is 8.90. The number of carboxylic acids is 1. The van der Waals surface area contributed by atoms with Crippen LogP contribution in [0.3, 0.4) is 0 Å². The highest BCUT2D eigenvalue weighted by Crippen LogP contribution is 2.38. The fourth-order valence-corrected chi connectivity index (χ4v) is 2.57. The van der Waals surface area contributed by atoms with Crippen molar-refractivity contribution in [3.8, 4) is 17.2 Å². The standard InChI is InChI=1S/C18H15BrClF3O4/c1-3-17(2,16(24)25)27-15-9-11(5-6-12(15)19)26-14-7-4-10(8-13(14)20)18(21,22)23/h4-9H,3H2,1-2H3,(H,24,25). The van der Waals surface area contributed by atoms with Gasteiger partial charge in [-0.15, -0.1) is 0 Å². The fraction of sp³-hybridized carbons (Fsp3) is 0.278. The molecule has 0 aliphatic carbocycles. The van der Waals surface area contributed by atoms with Gasteiger partial charge in [0.05, 0.1) is 15.1 Å². The van der Waals surface area contributed by atoms with Gasteiger partial charge in [-0.05, 0) is 59.6 Å². The molecule has 146 valence electrons. The molecule has 0 saturated heterocycles. The molecule has 9 heteroatoms. The van der Waals surface area contributed by atoms with Gasteiger partial charge in [-0.2, -0.15) is 13.2 Å². The van der Waals surface area contributed by atoms with Crippen molar-refractivity contribution < 1.29 is 32.5 Å². The number of benzene rings is 2.